The average molecular weight is 280 g/mol. The van der Waals surface area contributed by atoms with E-state index in [-0.39, 0.29) is 12.1 Å². The lowest BCUT2D eigenvalue weighted by atomic mass is 10.0. The average Bonchev–Trinajstić information content (AvgIpc) is 2.88. The number of amides is 2. The molecule has 1 aliphatic rings. The van der Waals surface area contributed by atoms with Crippen molar-refractivity contribution in [3.63, 3.8) is 0 Å². The molecule has 1 saturated heterocycles. The van der Waals surface area contributed by atoms with E-state index in [1.807, 2.05) is 11.0 Å². The molecule has 2 unspecified atom stereocenters. The minimum absolute atomic E-state index is 0.0960. The van der Waals surface area contributed by atoms with Crippen molar-refractivity contribution in [1.29, 1.82) is 0 Å². The Balaban J connectivity index is 1.99. The third-order valence-corrected chi connectivity index (χ3v) is 4.69. The van der Waals surface area contributed by atoms with Crippen molar-refractivity contribution in [3.8, 4) is 0 Å². The topological polar surface area (TPSA) is 32.3 Å². The van der Waals surface area contributed by atoms with E-state index in [1.54, 1.807) is 11.3 Å². The minimum Gasteiger partial charge on any atom is -0.330 e. The lowest BCUT2D eigenvalue weighted by Gasteiger charge is -2.33. The van der Waals surface area contributed by atoms with Crippen molar-refractivity contribution in [1.82, 2.24) is 10.2 Å². The Kier molecular flexibility index (Phi) is 4.86. The van der Waals surface area contributed by atoms with E-state index < -0.39 is 0 Å². The standard InChI is InChI=1S/C15H24N2OS/c1-11(2)14(13-7-5-9-19-13)16-15(18)17-8-4-6-12(3)10-17/h5,7,9,11-12,14H,4,6,8,10H2,1-3H3,(H,16,18). The molecule has 1 aliphatic heterocycles. The SMILES string of the molecule is CC1CCCN(C(=O)NC(c2cccs2)C(C)C)C1. The number of hydrogen-bond donors (Lipinski definition) is 1. The number of carbonyl (C=O) groups excluding carboxylic acids is 1. The predicted molar refractivity (Wildman–Crippen MR) is 80.4 cm³/mol. The maximum atomic E-state index is 12.4. The summed E-state index contributed by atoms with van der Waals surface area (Å²) < 4.78 is 0. The number of likely N-dealkylation sites (tertiary alicyclic amines) is 1. The van der Waals surface area contributed by atoms with Crippen molar-refractivity contribution in [2.45, 2.75) is 39.7 Å². The highest BCUT2D eigenvalue weighted by molar-refractivity contribution is 7.10. The zero-order valence-corrected chi connectivity index (χ0v) is 12.9. The molecular weight excluding hydrogens is 256 g/mol. The van der Waals surface area contributed by atoms with Gasteiger partial charge in [0.15, 0.2) is 0 Å². The summed E-state index contributed by atoms with van der Waals surface area (Å²) in [6, 6.07) is 4.38. The third kappa shape index (κ3) is 3.72. The van der Waals surface area contributed by atoms with Gasteiger partial charge in [-0.25, -0.2) is 4.79 Å². The van der Waals surface area contributed by atoms with Gasteiger partial charge in [-0.1, -0.05) is 26.8 Å². The molecule has 2 atom stereocenters. The first-order chi connectivity index (χ1) is 9.08. The van der Waals surface area contributed by atoms with E-state index in [2.05, 4.69) is 37.5 Å². The molecule has 0 saturated carbocycles. The number of nitrogens with one attached hydrogen (secondary N) is 1. The Morgan fingerprint density at radius 3 is 2.89 bits per heavy atom. The van der Waals surface area contributed by atoms with E-state index in [0.29, 0.717) is 11.8 Å². The molecule has 2 amide bonds. The number of urea groups is 1. The van der Waals surface area contributed by atoms with Gasteiger partial charge < -0.3 is 10.2 Å². The molecular formula is C15H24N2OS. The lowest BCUT2D eigenvalue weighted by Crippen LogP contribution is -2.46. The first kappa shape index (κ1) is 14.4. The molecule has 1 N–H and O–H groups in total. The van der Waals surface area contributed by atoms with E-state index in [1.165, 1.54) is 11.3 Å². The molecule has 2 rings (SSSR count). The summed E-state index contributed by atoms with van der Waals surface area (Å²) in [7, 11) is 0. The van der Waals surface area contributed by atoms with Crippen LogP contribution < -0.4 is 5.32 Å². The molecule has 1 aromatic rings. The quantitative estimate of drug-likeness (QED) is 0.895. The fourth-order valence-corrected chi connectivity index (χ4v) is 3.58. The Morgan fingerprint density at radius 1 is 1.53 bits per heavy atom. The van der Waals surface area contributed by atoms with Crippen LogP contribution in [0.2, 0.25) is 0 Å². The smallest absolute Gasteiger partial charge is 0.317 e. The molecule has 3 nitrogen and oxygen atoms in total. The van der Waals surface area contributed by atoms with Gasteiger partial charge in [-0.3, -0.25) is 0 Å². The van der Waals surface area contributed by atoms with E-state index >= 15 is 0 Å². The molecule has 106 valence electrons. The van der Waals surface area contributed by atoms with Crippen molar-refractivity contribution in [2.24, 2.45) is 11.8 Å². The summed E-state index contributed by atoms with van der Waals surface area (Å²) in [5.41, 5.74) is 0. The first-order valence-corrected chi connectivity index (χ1v) is 8.04. The second kappa shape index (κ2) is 6.42. The van der Waals surface area contributed by atoms with Crippen molar-refractivity contribution in [2.75, 3.05) is 13.1 Å². The molecule has 0 aromatic carbocycles. The predicted octanol–water partition coefficient (Wildman–Crippen LogP) is 3.89. The molecule has 1 fully saturated rings. The zero-order chi connectivity index (χ0) is 13.8. The van der Waals surface area contributed by atoms with Gasteiger partial charge in [0.2, 0.25) is 0 Å². The fourth-order valence-electron chi connectivity index (χ4n) is 2.63. The number of hydrogen-bond acceptors (Lipinski definition) is 2. The normalized spacial score (nSPS) is 21.5. The van der Waals surface area contributed by atoms with Crippen LogP contribution in [0.25, 0.3) is 0 Å². The fraction of sp³-hybridized carbons (Fsp3) is 0.667. The summed E-state index contributed by atoms with van der Waals surface area (Å²) in [5, 5.41) is 5.28. The maximum absolute atomic E-state index is 12.4. The Bertz CT molecular complexity index is 402. The lowest BCUT2D eigenvalue weighted by molar-refractivity contribution is 0.164. The second-order valence-electron chi connectivity index (χ2n) is 5.88. The number of thiophene rings is 1. The molecule has 1 aromatic heterocycles. The molecule has 0 bridgehead atoms. The van der Waals surface area contributed by atoms with Crippen LogP contribution in [-0.4, -0.2) is 24.0 Å². The maximum Gasteiger partial charge on any atom is 0.317 e. The summed E-state index contributed by atoms with van der Waals surface area (Å²) in [6.45, 7) is 8.32. The van der Waals surface area contributed by atoms with Crippen LogP contribution >= 0.6 is 11.3 Å². The van der Waals surface area contributed by atoms with Gasteiger partial charge in [-0.05, 0) is 36.1 Å². The highest BCUT2D eigenvalue weighted by Crippen LogP contribution is 2.26. The summed E-state index contributed by atoms with van der Waals surface area (Å²) in [5.74, 6) is 1.03. The summed E-state index contributed by atoms with van der Waals surface area (Å²) in [6.07, 6.45) is 2.36. The van der Waals surface area contributed by atoms with Gasteiger partial charge in [0, 0.05) is 18.0 Å². The monoisotopic (exact) mass is 280 g/mol. The van der Waals surface area contributed by atoms with Gasteiger partial charge in [-0.2, -0.15) is 0 Å². The van der Waals surface area contributed by atoms with Crippen molar-refractivity contribution >= 4 is 17.4 Å². The van der Waals surface area contributed by atoms with Gasteiger partial charge in [0.05, 0.1) is 6.04 Å². The molecule has 2 heterocycles. The zero-order valence-electron chi connectivity index (χ0n) is 12.1. The van der Waals surface area contributed by atoms with Crippen LogP contribution in [-0.2, 0) is 0 Å². The van der Waals surface area contributed by atoms with E-state index in [4.69, 9.17) is 0 Å². The molecule has 4 heteroatoms. The van der Waals surface area contributed by atoms with Crippen LogP contribution in [0.15, 0.2) is 17.5 Å². The third-order valence-electron chi connectivity index (χ3n) is 3.74. The van der Waals surface area contributed by atoms with Crippen molar-refractivity contribution in [3.05, 3.63) is 22.4 Å². The number of carbonyl (C=O) groups is 1. The molecule has 19 heavy (non-hydrogen) atoms. The van der Waals surface area contributed by atoms with E-state index in [9.17, 15) is 4.79 Å². The van der Waals surface area contributed by atoms with Crippen LogP contribution in [0.3, 0.4) is 0 Å². The molecule has 0 radical (unpaired) electrons. The largest absolute Gasteiger partial charge is 0.330 e. The number of rotatable bonds is 3. The number of piperidine rings is 1. The van der Waals surface area contributed by atoms with Crippen LogP contribution in [0.1, 0.15) is 44.5 Å². The summed E-state index contributed by atoms with van der Waals surface area (Å²) in [4.78, 5) is 15.6. The van der Waals surface area contributed by atoms with Gasteiger partial charge in [-0.15, -0.1) is 11.3 Å². The highest BCUT2D eigenvalue weighted by Gasteiger charge is 2.25. The molecule has 0 aliphatic carbocycles. The Labute approximate surface area is 120 Å². The first-order valence-electron chi connectivity index (χ1n) is 7.16. The van der Waals surface area contributed by atoms with Gasteiger partial charge in [0.1, 0.15) is 0 Å². The van der Waals surface area contributed by atoms with Crippen LogP contribution in [0.5, 0.6) is 0 Å². The summed E-state index contributed by atoms with van der Waals surface area (Å²) >= 11 is 1.72. The van der Waals surface area contributed by atoms with E-state index in [0.717, 1.165) is 19.5 Å². The van der Waals surface area contributed by atoms with Gasteiger partial charge >= 0.3 is 6.03 Å². The molecule has 0 spiro atoms. The second-order valence-corrected chi connectivity index (χ2v) is 6.86. The highest BCUT2D eigenvalue weighted by atomic mass is 32.1. The van der Waals surface area contributed by atoms with Crippen LogP contribution in [0.4, 0.5) is 4.79 Å². The Morgan fingerprint density at radius 2 is 2.32 bits per heavy atom. The van der Waals surface area contributed by atoms with Crippen molar-refractivity contribution < 1.29 is 4.79 Å². The van der Waals surface area contributed by atoms with Gasteiger partial charge in [0.25, 0.3) is 0 Å². The number of nitrogens with zero attached hydrogens (tertiary/aromatic N) is 1. The van der Waals surface area contributed by atoms with Crippen LogP contribution in [0, 0.1) is 11.8 Å². The minimum atomic E-state index is 0.0960. The Hall–Kier alpha value is -1.03.